The average molecular weight is 255 g/mol. The van der Waals surface area contributed by atoms with Gasteiger partial charge in [0.15, 0.2) is 0 Å². The lowest BCUT2D eigenvalue weighted by Gasteiger charge is -2.10. The van der Waals surface area contributed by atoms with Crippen LogP contribution in [0.2, 0.25) is 0 Å². The second-order valence-electron chi connectivity index (χ2n) is 5.18. The number of nitrogens with two attached hydrogens (primary N) is 1. The maximum absolute atomic E-state index is 5.90. The predicted molar refractivity (Wildman–Crippen MR) is 79.8 cm³/mol. The quantitative estimate of drug-likeness (QED) is 0.896. The lowest BCUT2D eigenvalue weighted by atomic mass is 10.1. The number of benzene rings is 2. The summed E-state index contributed by atoms with van der Waals surface area (Å²) in [6.45, 7) is 6.20. The summed E-state index contributed by atoms with van der Waals surface area (Å²) in [6, 6.07) is 14.4. The van der Waals surface area contributed by atoms with Crippen molar-refractivity contribution in [1.29, 1.82) is 0 Å². The van der Waals surface area contributed by atoms with Gasteiger partial charge in [-0.05, 0) is 68.1 Å². The highest BCUT2D eigenvalue weighted by Gasteiger charge is 2.02. The van der Waals surface area contributed by atoms with E-state index >= 15 is 0 Å². The maximum Gasteiger partial charge on any atom is 0.127 e. The summed E-state index contributed by atoms with van der Waals surface area (Å²) in [7, 11) is 0. The summed E-state index contributed by atoms with van der Waals surface area (Å²) in [5.41, 5.74) is 9.54. The molecule has 0 bridgehead atoms. The molecule has 0 aliphatic rings. The molecular weight excluding hydrogens is 234 g/mol. The van der Waals surface area contributed by atoms with E-state index < -0.39 is 0 Å². The molecule has 2 nitrogen and oxygen atoms in total. The van der Waals surface area contributed by atoms with Crippen LogP contribution in [0.15, 0.2) is 42.5 Å². The second kappa shape index (κ2) is 5.89. The Balaban J connectivity index is 2.16. The molecule has 100 valence electrons. The molecule has 0 heterocycles. The van der Waals surface area contributed by atoms with Gasteiger partial charge < -0.3 is 10.5 Å². The van der Waals surface area contributed by atoms with Gasteiger partial charge >= 0.3 is 0 Å². The minimum atomic E-state index is 0.164. The van der Waals surface area contributed by atoms with Gasteiger partial charge in [-0.2, -0.15) is 0 Å². The maximum atomic E-state index is 5.90. The van der Waals surface area contributed by atoms with Crippen LogP contribution in [0.5, 0.6) is 11.5 Å². The largest absolute Gasteiger partial charge is 0.457 e. The molecule has 0 fully saturated rings. The molecule has 0 aliphatic heterocycles. The third kappa shape index (κ3) is 3.83. The molecule has 1 unspecified atom stereocenters. The summed E-state index contributed by atoms with van der Waals surface area (Å²) in [4.78, 5) is 0. The summed E-state index contributed by atoms with van der Waals surface area (Å²) < 4.78 is 5.90. The summed E-state index contributed by atoms with van der Waals surface area (Å²) in [5.74, 6) is 1.74. The van der Waals surface area contributed by atoms with Crippen molar-refractivity contribution in [3.05, 3.63) is 59.2 Å². The van der Waals surface area contributed by atoms with E-state index in [2.05, 4.69) is 38.1 Å². The van der Waals surface area contributed by atoms with E-state index in [1.54, 1.807) is 0 Å². The predicted octanol–water partition coefficient (Wildman–Crippen LogP) is 3.99. The van der Waals surface area contributed by atoms with Crippen LogP contribution in [0.25, 0.3) is 0 Å². The monoisotopic (exact) mass is 255 g/mol. The SMILES string of the molecule is Cc1ccc(Oc2cccc(CC(C)N)c2)cc1C. The lowest BCUT2D eigenvalue weighted by Crippen LogP contribution is -2.17. The Morgan fingerprint density at radius 1 is 1.00 bits per heavy atom. The Hall–Kier alpha value is -1.80. The molecule has 2 aromatic carbocycles. The molecule has 2 aromatic rings. The molecule has 2 N–H and O–H groups in total. The number of hydrogen-bond donors (Lipinski definition) is 1. The highest BCUT2D eigenvalue weighted by Crippen LogP contribution is 2.24. The molecule has 0 aromatic heterocycles. The Morgan fingerprint density at radius 3 is 2.42 bits per heavy atom. The zero-order valence-electron chi connectivity index (χ0n) is 11.8. The third-order valence-corrected chi connectivity index (χ3v) is 3.17. The summed E-state index contributed by atoms with van der Waals surface area (Å²) in [5, 5.41) is 0. The van der Waals surface area contributed by atoms with E-state index in [0.717, 1.165) is 17.9 Å². The van der Waals surface area contributed by atoms with Crippen LogP contribution in [-0.4, -0.2) is 6.04 Å². The van der Waals surface area contributed by atoms with Crippen molar-refractivity contribution in [2.75, 3.05) is 0 Å². The molecule has 0 saturated carbocycles. The van der Waals surface area contributed by atoms with Crippen LogP contribution in [-0.2, 0) is 6.42 Å². The van der Waals surface area contributed by atoms with Crippen molar-refractivity contribution in [1.82, 2.24) is 0 Å². The molecule has 2 heteroatoms. The van der Waals surface area contributed by atoms with Gasteiger partial charge in [-0.25, -0.2) is 0 Å². The standard InChI is InChI=1S/C17H21NO/c1-12-7-8-17(9-13(12)2)19-16-6-4-5-15(11-16)10-14(3)18/h4-9,11,14H,10,18H2,1-3H3. The van der Waals surface area contributed by atoms with E-state index in [4.69, 9.17) is 10.5 Å². The van der Waals surface area contributed by atoms with Crippen molar-refractivity contribution in [3.8, 4) is 11.5 Å². The highest BCUT2D eigenvalue weighted by atomic mass is 16.5. The summed E-state index contributed by atoms with van der Waals surface area (Å²) in [6.07, 6.45) is 0.865. The minimum Gasteiger partial charge on any atom is -0.457 e. The Morgan fingerprint density at radius 2 is 1.74 bits per heavy atom. The fraction of sp³-hybridized carbons (Fsp3) is 0.294. The molecule has 0 aliphatic carbocycles. The molecule has 0 radical (unpaired) electrons. The van der Waals surface area contributed by atoms with Crippen LogP contribution in [0, 0.1) is 13.8 Å². The Bertz CT molecular complexity index is 561. The number of hydrogen-bond acceptors (Lipinski definition) is 2. The normalized spacial score (nSPS) is 12.2. The number of rotatable bonds is 4. The first-order chi connectivity index (χ1) is 9.04. The Kier molecular flexibility index (Phi) is 4.23. The van der Waals surface area contributed by atoms with Crippen molar-refractivity contribution < 1.29 is 4.74 Å². The summed E-state index contributed by atoms with van der Waals surface area (Å²) >= 11 is 0. The number of aryl methyl sites for hydroxylation is 2. The van der Waals surface area contributed by atoms with E-state index in [1.165, 1.54) is 16.7 Å². The highest BCUT2D eigenvalue weighted by molar-refractivity contribution is 5.38. The second-order valence-corrected chi connectivity index (χ2v) is 5.18. The molecular formula is C17H21NO. The van der Waals surface area contributed by atoms with Gasteiger partial charge in [0.05, 0.1) is 0 Å². The van der Waals surface area contributed by atoms with E-state index in [-0.39, 0.29) is 6.04 Å². The van der Waals surface area contributed by atoms with Crippen LogP contribution in [0.3, 0.4) is 0 Å². The van der Waals surface area contributed by atoms with E-state index in [0.29, 0.717) is 0 Å². The van der Waals surface area contributed by atoms with Crippen molar-refractivity contribution in [2.24, 2.45) is 5.73 Å². The van der Waals surface area contributed by atoms with Crippen LogP contribution in [0.4, 0.5) is 0 Å². The first-order valence-corrected chi connectivity index (χ1v) is 6.64. The van der Waals surface area contributed by atoms with Gasteiger partial charge in [0.1, 0.15) is 11.5 Å². The van der Waals surface area contributed by atoms with Crippen LogP contribution < -0.4 is 10.5 Å². The topological polar surface area (TPSA) is 35.2 Å². The van der Waals surface area contributed by atoms with Gasteiger partial charge in [0.25, 0.3) is 0 Å². The number of ether oxygens (including phenoxy) is 1. The zero-order valence-corrected chi connectivity index (χ0v) is 11.8. The minimum absolute atomic E-state index is 0.164. The van der Waals surface area contributed by atoms with Gasteiger partial charge in [-0.3, -0.25) is 0 Å². The van der Waals surface area contributed by atoms with E-state index in [9.17, 15) is 0 Å². The van der Waals surface area contributed by atoms with Crippen molar-refractivity contribution in [3.63, 3.8) is 0 Å². The molecule has 1 atom stereocenters. The molecule has 2 rings (SSSR count). The average Bonchev–Trinajstić information content (AvgIpc) is 2.33. The lowest BCUT2D eigenvalue weighted by molar-refractivity contribution is 0.481. The Labute approximate surface area is 115 Å². The van der Waals surface area contributed by atoms with Gasteiger partial charge in [-0.1, -0.05) is 18.2 Å². The van der Waals surface area contributed by atoms with E-state index in [1.807, 2.05) is 25.1 Å². The zero-order chi connectivity index (χ0) is 13.8. The fourth-order valence-electron chi connectivity index (χ4n) is 2.02. The smallest absolute Gasteiger partial charge is 0.127 e. The van der Waals surface area contributed by atoms with Crippen molar-refractivity contribution >= 4 is 0 Å². The first kappa shape index (κ1) is 13.6. The van der Waals surface area contributed by atoms with Gasteiger partial charge in [-0.15, -0.1) is 0 Å². The molecule has 19 heavy (non-hydrogen) atoms. The van der Waals surface area contributed by atoms with Gasteiger partial charge in [0, 0.05) is 6.04 Å². The fourth-order valence-corrected chi connectivity index (χ4v) is 2.02. The molecule has 0 spiro atoms. The molecule has 0 amide bonds. The first-order valence-electron chi connectivity index (χ1n) is 6.64. The molecule has 0 saturated heterocycles. The van der Waals surface area contributed by atoms with Crippen LogP contribution >= 0.6 is 0 Å². The van der Waals surface area contributed by atoms with Crippen molar-refractivity contribution in [2.45, 2.75) is 33.2 Å². The van der Waals surface area contributed by atoms with Gasteiger partial charge in [0.2, 0.25) is 0 Å². The third-order valence-electron chi connectivity index (χ3n) is 3.17. The van der Waals surface area contributed by atoms with Crippen LogP contribution in [0.1, 0.15) is 23.6 Å².